The monoisotopic (exact) mass is 332 g/mol. The molecular formula is C17H24N4O3. The number of para-hydroxylation sites is 2. The van der Waals surface area contributed by atoms with E-state index in [9.17, 15) is 0 Å². The van der Waals surface area contributed by atoms with E-state index < -0.39 is 0 Å². The molecule has 1 heterocycles. The van der Waals surface area contributed by atoms with Gasteiger partial charge in [-0.3, -0.25) is 0 Å². The first kappa shape index (κ1) is 17.7. The molecule has 0 aliphatic carbocycles. The van der Waals surface area contributed by atoms with Crippen molar-refractivity contribution in [3.8, 4) is 11.5 Å². The summed E-state index contributed by atoms with van der Waals surface area (Å²) in [6.45, 7) is 5.82. The SMILES string of the molecule is CCNC(=NCc1ccon1)NCC(C)Oc1ccccc1OC. The van der Waals surface area contributed by atoms with Gasteiger partial charge >= 0.3 is 0 Å². The Hall–Kier alpha value is -2.70. The molecule has 0 saturated carbocycles. The maximum absolute atomic E-state index is 5.92. The van der Waals surface area contributed by atoms with E-state index in [0.29, 0.717) is 19.0 Å². The van der Waals surface area contributed by atoms with Crippen LogP contribution in [0.15, 0.2) is 46.1 Å². The van der Waals surface area contributed by atoms with E-state index in [2.05, 4.69) is 20.8 Å². The first-order valence-electron chi connectivity index (χ1n) is 7.94. The molecule has 0 spiro atoms. The van der Waals surface area contributed by atoms with E-state index in [1.165, 1.54) is 6.26 Å². The third-order valence-electron chi connectivity index (χ3n) is 3.19. The average molecular weight is 332 g/mol. The number of nitrogens with one attached hydrogen (secondary N) is 2. The third kappa shape index (κ3) is 5.49. The lowest BCUT2D eigenvalue weighted by molar-refractivity contribution is 0.213. The van der Waals surface area contributed by atoms with Crippen molar-refractivity contribution < 1.29 is 14.0 Å². The molecule has 7 heteroatoms. The molecule has 2 rings (SSSR count). The molecule has 0 aliphatic heterocycles. The highest BCUT2D eigenvalue weighted by atomic mass is 16.5. The summed E-state index contributed by atoms with van der Waals surface area (Å²) in [5.74, 6) is 2.14. The maximum atomic E-state index is 5.92. The van der Waals surface area contributed by atoms with Gasteiger partial charge in [-0.05, 0) is 26.0 Å². The minimum absolute atomic E-state index is 0.0581. The fourth-order valence-electron chi connectivity index (χ4n) is 2.04. The number of guanidine groups is 1. The summed E-state index contributed by atoms with van der Waals surface area (Å²) >= 11 is 0. The van der Waals surface area contributed by atoms with Crippen molar-refractivity contribution in [2.75, 3.05) is 20.2 Å². The third-order valence-corrected chi connectivity index (χ3v) is 3.19. The van der Waals surface area contributed by atoms with E-state index in [-0.39, 0.29) is 6.10 Å². The molecule has 1 unspecified atom stereocenters. The van der Waals surface area contributed by atoms with Gasteiger partial charge in [0, 0.05) is 12.6 Å². The number of benzene rings is 1. The van der Waals surface area contributed by atoms with Crippen LogP contribution in [0.4, 0.5) is 0 Å². The topological polar surface area (TPSA) is 80.9 Å². The summed E-state index contributed by atoms with van der Waals surface area (Å²) in [5.41, 5.74) is 0.783. The van der Waals surface area contributed by atoms with Crippen LogP contribution in [0.25, 0.3) is 0 Å². The lowest BCUT2D eigenvalue weighted by Crippen LogP contribution is -2.41. The highest BCUT2D eigenvalue weighted by Crippen LogP contribution is 2.26. The highest BCUT2D eigenvalue weighted by Gasteiger charge is 2.09. The summed E-state index contributed by atoms with van der Waals surface area (Å²) in [6, 6.07) is 9.38. The summed E-state index contributed by atoms with van der Waals surface area (Å²) in [6.07, 6.45) is 1.48. The summed E-state index contributed by atoms with van der Waals surface area (Å²) in [4.78, 5) is 4.46. The summed E-state index contributed by atoms with van der Waals surface area (Å²) in [5, 5.41) is 10.3. The molecule has 0 amide bonds. The zero-order valence-electron chi connectivity index (χ0n) is 14.3. The van der Waals surface area contributed by atoms with Gasteiger partial charge in [0.2, 0.25) is 0 Å². The first-order valence-corrected chi connectivity index (χ1v) is 7.94. The molecule has 0 saturated heterocycles. The van der Waals surface area contributed by atoms with Gasteiger partial charge in [0.05, 0.1) is 20.2 Å². The number of methoxy groups -OCH3 is 1. The predicted octanol–water partition coefficient (Wildman–Crippen LogP) is 2.21. The molecule has 0 fully saturated rings. The fourth-order valence-corrected chi connectivity index (χ4v) is 2.04. The molecule has 1 atom stereocenters. The molecule has 2 aromatic rings. The second kappa shape index (κ2) is 9.44. The smallest absolute Gasteiger partial charge is 0.191 e. The van der Waals surface area contributed by atoms with Gasteiger partial charge in [0.25, 0.3) is 0 Å². The van der Waals surface area contributed by atoms with E-state index >= 15 is 0 Å². The van der Waals surface area contributed by atoms with Crippen molar-refractivity contribution in [2.45, 2.75) is 26.5 Å². The number of ether oxygens (including phenoxy) is 2. The zero-order valence-corrected chi connectivity index (χ0v) is 14.3. The van der Waals surface area contributed by atoms with Crippen molar-refractivity contribution in [3.63, 3.8) is 0 Å². The molecule has 130 valence electrons. The minimum Gasteiger partial charge on any atom is -0.493 e. The number of nitrogens with zero attached hydrogens (tertiary/aromatic N) is 2. The van der Waals surface area contributed by atoms with Gasteiger partial charge in [0.15, 0.2) is 17.5 Å². The fraction of sp³-hybridized carbons (Fsp3) is 0.412. The lowest BCUT2D eigenvalue weighted by Gasteiger charge is -2.18. The van der Waals surface area contributed by atoms with Crippen LogP contribution in [0.2, 0.25) is 0 Å². The Labute approximate surface area is 142 Å². The maximum Gasteiger partial charge on any atom is 0.191 e. The molecule has 0 aliphatic rings. The Morgan fingerprint density at radius 2 is 2.04 bits per heavy atom. The van der Waals surface area contributed by atoms with Crippen LogP contribution in [-0.2, 0) is 6.54 Å². The normalized spacial score (nSPS) is 12.5. The zero-order chi connectivity index (χ0) is 17.2. The van der Waals surface area contributed by atoms with Crippen molar-refractivity contribution in [1.82, 2.24) is 15.8 Å². The Balaban J connectivity index is 1.87. The predicted molar refractivity (Wildman–Crippen MR) is 92.4 cm³/mol. The van der Waals surface area contributed by atoms with E-state index in [1.807, 2.05) is 38.1 Å². The van der Waals surface area contributed by atoms with Crippen LogP contribution < -0.4 is 20.1 Å². The van der Waals surface area contributed by atoms with Gasteiger partial charge in [-0.25, -0.2) is 4.99 Å². The van der Waals surface area contributed by atoms with Crippen LogP contribution in [0.5, 0.6) is 11.5 Å². The molecule has 2 N–H and O–H groups in total. The van der Waals surface area contributed by atoms with Crippen LogP contribution in [0.1, 0.15) is 19.5 Å². The molecule has 1 aromatic heterocycles. The molecule has 0 bridgehead atoms. The van der Waals surface area contributed by atoms with Crippen LogP contribution in [-0.4, -0.2) is 37.4 Å². The second-order valence-electron chi connectivity index (χ2n) is 5.15. The van der Waals surface area contributed by atoms with Crippen LogP contribution >= 0.6 is 0 Å². The molecular weight excluding hydrogens is 308 g/mol. The average Bonchev–Trinajstić information content (AvgIpc) is 3.11. The number of aromatic nitrogens is 1. The molecule has 7 nitrogen and oxygen atoms in total. The van der Waals surface area contributed by atoms with Crippen molar-refractivity contribution in [1.29, 1.82) is 0 Å². The quantitative estimate of drug-likeness (QED) is 0.570. The van der Waals surface area contributed by atoms with Gasteiger partial charge in [-0.2, -0.15) is 0 Å². The van der Waals surface area contributed by atoms with Crippen LogP contribution in [0, 0.1) is 0 Å². The Morgan fingerprint density at radius 3 is 2.71 bits per heavy atom. The van der Waals surface area contributed by atoms with Gasteiger partial charge in [-0.1, -0.05) is 17.3 Å². The molecule has 1 aromatic carbocycles. The Kier molecular flexibility index (Phi) is 6.94. The van der Waals surface area contributed by atoms with Crippen molar-refractivity contribution in [3.05, 3.63) is 42.3 Å². The van der Waals surface area contributed by atoms with Crippen molar-refractivity contribution >= 4 is 5.96 Å². The van der Waals surface area contributed by atoms with Crippen LogP contribution in [0.3, 0.4) is 0 Å². The highest BCUT2D eigenvalue weighted by molar-refractivity contribution is 5.79. The lowest BCUT2D eigenvalue weighted by atomic mass is 10.3. The second-order valence-corrected chi connectivity index (χ2v) is 5.15. The first-order chi connectivity index (χ1) is 11.7. The van der Waals surface area contributed by atoms with Gasteiger partial charge < -0.3 is 24.6 Å². The van der Waals surface area contributed by atoms with E-state index in [1.54, 1.807) is 13.2 Å². The molecule has 24 heavy (non-hydrogen) atoms. The van der Waals surface area contributed by atoms with Gasteiger partial charge in [-0.15, -0.1) is 0 Å². The Bertz CT molecular complexity index is 629. The Morgan fingerprint density at radius 1 is 1.25 bits per heavy atom. The standard InChI is InChI=1S/C17H24N4O3/c1-4-18-17(20-12-14-9-10-23-21-14)19-11-13(2)24-16-8-6-5-7-15(16)22-3/h5-10,13H,4,11-12H2,1-3H3,(H2,18,19,20). The summed E-state index contributed by atoms with van der Waals surface area (Å²) in [7, 11) is 1.63. The van der Waals surface area contributed by atoms with Crippen molar-refractivity contribution in [2.24, 2.45) is 4.99 Å². The number of rotatable bonds is 8. The molecule has 0 radical (unpaired) electrons. The number of hydrogen-bond donors (Lipinski definition) is 2. The summed E-state index contributed by atoms with van der Waals surface area (Å²) < 4.78 is 16.0. The van der Waals surface area contributed by atoms with E-state index in [0.717, 1.165) is 23.7 Å². The number of aliphatic imine (C=N–C) groups is 1. The minimum atomic E-state index is -0.0581. The number of hydrogen-bond acceptors (Lipinski definition) is 5. The van der Waals surface area contributed by atoms with Gasteiger partial charge in [0.1, 0.15) is 18.1 Å². The largest absolute Gasteiger partial charge is 0.493 e. The van der Waals surface area contributed by atoms with E-state index in [4.69, 9.17) is 14.0 Å².